The van der Waals surface area contributed by atoms with Crippen molar-refractivity contribution in [3.8, 4) is 17.0 Å². The minimum Gasteiger partial charge on any atom is -0.489 e. The van der Waals surface area contributed by atoms with Gasteiger partial charge in [-0.3, -0.25) is 9.59 Å². The van der Waals surface area contributed by atoms with E-state index < -0.39 is 11.9 Å². The van der Waals surface area contributed by atoms with E-state index in [2.05, 4.69) is 30.2 Å². The number of halogens is 2. The SMILES string of the molecule is C=CC(=O)N1CCN2C(=O)c3c(N4CC(N(C)C)CC4(C)C)nc(-c4c(N)cccc4F)c(Cl)c3OC[C@H]2C1. The number of anilines is 2. The van der Waals surface area contributed by atoms with Gasteiger partial charge in [0, 0.05) is 43.4 Å². The van der Waals surface area contributed by atoms with E-state index in [1.165, 1.54) is 18.2 Å². The number of nitrogens with zero attached hydrogens (tertiary/aromatic N) is 5. The molecule has 0 radical (unpaired) electrons. The van der Waals surface area contributed by atoms with Crippen molar-refractivity contribution >= 4 is 34.9 Å². The van der Waals surface area contributed by atoms with Crippen LogP contribution >= 0.6 is 11.6 Å². The Balaban J connectivity index is 1.70. The number of aromatic nitrogens is 1. The largest absolute Gasteiger partial charge is 0.489 e. The lowest BCUT2D eigenvalue weighted by Gasteiger charge is -2.40. The number of nitrogen functional groups attached to an aromatic ring is 1. The van der Waals surface area contributed by atoms with Crippen LogP contribution in [0, 0.1) is 5.82 Å². The summed E-state index contributed by atoms with van der Waals surface area (Å²) in [6.45, 7) is 9.49. The summed E-state index contributed by atoms with van der Waals surface area (Å²) in [6.07, 6.45) is 2.10. The predicted molar refractivity (Wildman–Crippen MR) is 150 cm³/mol. The van der Waals surface area contributed by atoms with E-state index in [1.54, 1.807) is 15.9 Å². The zero-order valence-electron chi connectivity index (χ0n) is 22.7. The molecular formula is C28H34ClFN6O3. The third kappa shape index (κ3) is 4.59. The minimum absolute atomic E-state index is 0.0268. The Bertz CT molecular complexity index is 1330. The monoisotopic (exact) mass is 556 g/mol. The highest BCUT2D eigenvalue weighted by Crippen LogP contribution is 2.47. The van der Waals surface area contributed by atoms with E-state index in [-0.39, 0.29) is 63.3 Å². The van der Waals surface area contributed by atoms with Crippen LogP contribution in [-0.4, -0.2) is 96.0 Å². The van der Waals surface area contributed by atoms with E-state index >= 15 is 4.39 Å². The van der Waals surface area contributed by atoms with Gasteiger partial charge < -0.3 is 30.1 Å². The number of amides is 2. The van der Waals surface area contributed by atoms with E-state index in [1.807, 2.05) is 14.1 Å². The summed E-state index contributed by atoms with van der Waals surface area (Å²) in [4.78, 5) is 39.1. The smallest absolute Gasteiger partial charge is 0.261 e. The van der Waals surface area contributed by atoms with Crippen molar-refractivity contribution in [2.75, 3.05) is 57.5 Å². The van der Waals surface area contributed by atoms with E-state index in [9.17, 15) is 9.59 Å². The molecule has 0 aliphatic carbocycles. The van der Waals surface area contributed by atoms with Gasteiger partial charge in [0.05, 0.1) is 11.6 Å². The first kappa shape index (κ1) is 27.2. The number of ether oxygens (including phenoxy) is 1. The van der Waals surface area contributed by atoms with Crippen LogP contribution in [0.4, 0.5) is 15.9 Å². The van der Waals surface area contributed by atoms with Crippen LogP contribution in [0.2, 0.25) is 5.02 Å². The molecule has 3 aliphatic rings. The average Bonchev–Trinajstić information content (AvgIpc) is 3.14. The van der Waals surface area contributed by atoms with Gasteiger partial charge in [-0.25, -0.2) is 9.37 Å². The number of carbonyl (C=O) groups is 2. The number of fused-ring (bicyclic) bond motifs is 2. The van der Waals surface area contributed by atoms with Crippen molar-refractivity contribution in [1.29, 1.82) is 0 Å². The van der Waals surface area contributed by atoms with Gasteiger partial charge in [-0.2, -0.15) is 0 Å². The summed E-state index contributed by atoms with van der Waals surface area (Å²) in [5.74, 6) is -0.506. The van der Waals surface area contributed by atoms with Crippen LogP contribution < -0.4 is 15.4 Å². The maximum Gasteiger partial charge on any atom is 0.261 e. The highest BCUT2D eigenvalue weighted by molar-refractivity contribution is 6.35. The van der Waals surface area contributed by atoms with Crippen molar-refractivity contribution < 1.29 is 18.7 Å². The summed E-state index contributed by atoms with van der Waals surface area (Å²) in [6, 6.07) is 4.22. The zero-order valence-corrected chi connectivity index (χ0v) is 23.5. The fourth-order valence-corrected chi connectivity index (χ4v) is 6.14. The molecule has 9 nitrogen and oxygen atoms in total. The maximum atomic E-state index is 15.2. The first-order chi connectivity index (χ1) is 18.4. The van der Waals surface area contributed by atoms with Gasteiger partial charge in [-0.15, -0.1) is 0 Å². The molecule has 3 aliphatic heterocycles. The maximum absolute atomic E-state index is 15.2. The molecule has 2 saturated heterocycles. The number of pyridine rings is 1. The molecule has 39 heavy (non-hydrogen) atoms. The van der Waals surface area contributed by atoms with Gasteiger partial charge in [0.1, 0.15) is 34.5 Å². The summed E-state index contributed by atoms with van der Waals surface area (Å²) >= 11 is 6.89. The number of benzene rings is 1. The number of hydrogen-bond donors (Lipinski definition) is 1. The number of piperazine rings is 1. The molecule has 11 heteroatoms. The Morgan fingerprint density at radius 3 is 2.67 bits per heavy atom. The molecule has 4 heterocycles. The third-order valence-corrected chi connectivity index (χ3v) is 8.42. The fourth-order valence-electron chi connectivity index (χ4n) is 5.86. The molecule has 2 atom stereocenters. The second kappa shape index (κ2) is 9.98. The van der Waals surface area contributed by atoms with Crippen molar-refractivity contribution in [3.63, 3.8) is 0 Å². The number of rotatable bonds is 4. The molecule has 2 N–H and O–H groups in total. The fraction of sp³-hybridized carbons (Fsp3) is 0.464. The third-order valence-electron chi connectivity index (χ3n) is 8.07. The summed E-state index contributed by atoms with van der Waals surface area (Å²) in [7, 11) is 4.04. The van der Waals surface area contributed by atoms with Crippen LogP contribution in [0.1, 0.15) is 30.6 Å². The standard InChI is InChI=1S/C28H34ClFN6O3/c1-6-20(37)34-10-11-35-17(13-34)15-39-25-22(27(35)38)26(36-14-16(33(4)5)12-28(36,2)3)32-24(23(25)29)21-18(30)8-7-9-19(21)31/h6-9,16-17H,1,10-15,31H2,2-5H3/t16?,17-/m1/s1. The van der Waals surface area contributed by atoms with Crippen LogP contribution in [0.25, 0.3) is 11.3 Å². The summed E-state index contributed by atoms with van der Waals surface area (Å²) in [5.41, 5.74) is 6.45. The first-order valence-electron chi connectivity index (χ1n) is 13.0. The van der Waals surface area contributed by atoms with Crippen molar-refractivity contribution in [1.82, 2.24) is 19.7 Å². The molecule has 208 valence electrons. The molecule has 2 aromatic rings. The van der Waals surface area contributed by atoms with E-state index in [0.29, 0.717) is 32.0 Å². The predicted octanol–water partition coefficient (Wildman–Crippen LogP) is 3.27. The minimum atomic E-state index is -0.571. The zero-order chi connectivity index (χ0) is 28.2. The van der Waals surface area contributed by atoms with Gasteiger partial charge in [0.15, 0.2) is 5.75 Å². The second-order valence-corrected chi connectivity index (χ2v) is 11.6. The van der Waals surface area contributed by atoms with Gasteiger partial charge in [-0.05, 0) is 52.6 Å². The Morgan fingerprint density at radius 1 is 1.28 bits per heavy atom. The molecule has 1 unspecified atom stereocenters. The first-order valence-corrected chi connectivity index (χ1v) is 13.4. The molecule has 1 aromatic carbocycles. The Labute approximate surface area is 232 Å². The topological polar surface area (TPSA) is 95.2 Å². The molecule has 0 saturated carbocycles. The number of likely N-dealkylation sites (N-methyl/N-ethyl adjacent to an activating group) is 1. The quantitative estimate of drug-likeness (QED) is 0.456. The Kier molecular flexibility index (Phi) is 6.97. The van der Waals surface area contributed by atoms with E-state index in [4.69, 9.17) is 27.1 Å². The average molecular weight is 557 g/mol. The lowest BCUT2D eigenvalue weighted by molar-refractivity contribution is -0.128. The van der Waals surface area contributed by atoms with Gasteiger partial charge in [-0.1, -0.05) is 24.2 Å². The van der Waals surface area contributed by atoms with Crippen LogP contribution in [-0.2, 0) is 4.79 Å². The van der Waals surface area contributed by atoms with Gasteiger partial charge in [0.2, 0.25) is 5.91 Å². The highest BCUT2D eigenvalue weighted by Gasteiger charge is 2.46. The number of carbonyl (C=O) groups excluding carboxylic acids is 2. The lowest BCUT2D eigenvalue weighted by atomic mass is 9.98. The normalized spacial score (nSPS) is 22.3. The molecule has 0 spiro atoms. The highest BCUT2D eigenvalue weighted by atomic mass is 35.5. The molecule has 2 fully saturated rings. The Hall–Kier alpha value is -3.37. The van der Waals surface area contributed by atoms with Gasteiger partial charge >= 0.3 is 0 Å². The summed E-state index contributed by atoms with van der Waals surface area (Å²) < 4.78 is 21.4. The van der Waals surface area contributed by atoms with Gasteiger partial charge in [0.25, 0.3) is 5.91 Å². The molecule has 0 bridgehead atoms. The number of nitrogens with two attached hydrogens (primary N) is 1. The molecule has 5 rings (SSSR count). The van der Waals surface area contributed by atoms with Crippen molar-refractivity contribution in [3.05, 3.63) is 47.3 Å². The van der Waals surface area contributed by atoms with Crippen LogP contribution in [0.3, 0.4) is 0 Å². The van der Waals surface area contributed by atoms with Crippen molar-refractivity contribution in [2.24, 2.45) is 0 Å². The second-order valence-electron chi connectivity index (χ2n) is 11.2. The lowest BCUT2D eigenvalue weighted by Crippen LogP contribution is -2.57. The molecule has 1 aromatic heterocycles. The molecule has 2 amide bonds. The van der Waals surface area contributed by atoms with Crippen LogP contribution in [0.5, 0.6) is 5.75 Å². The van der Waals surface area contributed by atoms with Crippen molar-refractivity contribution in [2.45, 2.75) is 37.9 Å². The molecular weight excluding hydrogens is 523 g/mol. The Morgan fingerprint density at radius 2 is 2.03 bits per heavy atom. The number of hydrogen-bond acceptors (Lipinski definition) is 7. The summed E-state index contributed by atoms with van der Waals surface area (Å²) in [5, 5.41) is 0.0268. The van der Waals surface area contributed by atoms with Crippen LogP contribution in [0.15, 0.2) is 30.9 Å². The van der Waals surface area contributed by atoms with E-state index in [0.717, 1.165) is 6.42 Å².